The molecule has 0 aliphatic rings. The average molecular weight is 254 g/mol. The molecule has 0 aliphatic heterocycles. The zero-order valence-electron chi connectivity index (χ0n) is 10.8. The third-order valence-corrected chi connectivity index (χ3v) is 2.95. The van der Waals surface area contributed by atoms with Crippen molar-refractivity contribution in [2.45, 2.75) is 0 Å². The Morgan fingerprint density at radius 3 is 2.79 bits per heavy atom. The van der Waals surface area contributed by atoms with Gasteiger partial charge in [-0.15, -0.1) is 0 Å². The van der Waals surface area contributed by atoms with Crippen molar-refractivity contribution >= 4 is 22.4 Å². The van der Waals surface area contributed by atoms with Gasteiger partial charge in [0.05, 0.1) is 7.11 Å². The maximum atomic E-state index is 5.36. The highest BCUT2D eigenvalue weighted by Crippen LogP contribution is 2.30. The first kappa shape index (κ1) is 11.5. The maximum absolute atomic E-state index is 5.36. The number of methoxy groups -OCH3 is 1. The Morgan fingerprint density at radius 2 is 2.05 bits per heavy atom. The summed E-state index contributed by atoms with van der Waals surface area (Å²) in [5.74, 6) is 2.38. The lowest BCUT2D eigenvalue weighted by molar-refractivity contribution is 0.420. The molecule has 3 rings (SSSR count). The van der Waals surface area contributed by atoms with Crippen LogP contribution in [-0.2, 0) is 7.05 Å². The van der Waals surface area contributed by atoms with Crippen LogP contribution in [-0.4, -0.2) is 21.9 Å². The summed E-state index contributed by atoms with van der Waals surface area (Å²) in [6, 6.07) is 9.74. The van der Waals surface area contributed by atoms with Gasteiger partial charge in [-0.2, -0.15) is 5.10 Å². The second kappa shape index (κ2) is 4.61. The summed E-state index contributed by atoms with van der Waals surface area (Å²) in [5, 5.41) is 9.54. The van der Waals surface area contributed by atoms with Crippen molar-refractivity contribution in [2.75, 3.05) is 12.4 Å². The number of hydrogen-bond donors (Lipinski definition) is 1. The lowest BCUT2D eigenvalue weighted by Gasteiger charge is -2.09. The number of anilines is 2. The number of hydrogen-bond acceptors (Lipinski definition) is 4. The van der Waals surface area contributed by atoms with Crippen molar-refractivity contribution < 1.29 is 4.74 Å². The van der Waals surface area contributed by atoms with Crippen LogP contribution in [0.3, 0.4) is 0 Å². The van der Waals surface area contributed by atoms with E-state index in [1.165, 1.54) is 0 Å². The fourth-order valence-electron chi connectivity index (χ4n) is 2.06. The quantitative estimate of drug-likeness (QED) is 0.780. The van der Waals surface area contributed by atoms with Crippen molar-refractivity contribution in [3.8, 4) is 5.75 Å². The second-order valence-corrected chi connectivity index (χ2v) is 4.21. The number of benzene rings is 1. The minimum Gasteiger partial charge on any atom is -0.496 e. The van der Waals surface area contributed by atoms with Gasteiger partial charge in [-0.1, -0.05) is 12.1 Å². The van der Waals surface area contributed by atoms with Gasteiger partial charge >= 0.3 is 0 Å². The number of nitrogens with one attached hydrogen (secondary N) is 1. The second-order valence-electron chi connectivity index (χ2n) is 4.21. The third-order valence-electron chi connectivity index (χ3n) is 2.95. The Labute approximate surface area is 110 Å². The molecule has 5 heteroatoms. The molecule has 3 aromatic rings. The third kappa shape index (κ3) is 2.10. The Hall–Kier alpha value is -2.56. The van der Waals surface area contributed by atoms with E-state index in [9.17, 15) is 0 Å². The highest BCUT2D eigenvalue weighted by Gasteiger charge is 2.07. The standard InChI is InChI=1S/C14H14N4O/c1-18-9-7-13(17-18)16-14-11-4-3-5-12(19-2)10(11)6-8-15-14/h3-9H,1-2H3,(H,15,16,17). The summed E-state index contributed by atoms with van der Waals surface area (Å²) >= 11 is 0. The number of ether oxygens (including phenoxy) is 1. The number of rotatable bonds is 3. The zero-order valence-corrected chi connectivity index (χ0v) is 10.8. The maximum Gasteiger partial charge on any atom is 0.153 e. The van der Waals surface area contributed by atoms with Gasteiger partial charge in [0.15, 0.2) is 5.82 Å². The molecule has 0 bridgehead atoms. The van der Waals surface area contributed by atoms with Crippen molar-refractivity contribution in [3.05, 3.63) is 42.7 Å². The van der Waals surface area contributed by atoms with Crippen LogP contribution in [0.25, 0.3) is 10.8 Å². The lowest BCUT2D eigenvalue weighted by Crippen LogP contribution is -1.97. The van der Waals surface area contributed by atoms with Crippen molar-refractivity contribution in [2.24, 2.45) is 7.05 Å². The molecule has 0 saturated heterocycles. The summed E-state index contributed by atoms with van der Waals surface area (Å²) in [5.41, 5.74) is 0. The minimum absolute atomic E-state index is 0.769. The van der Waals surface area contributed by atoms with Crippen LogP contribution in [0, 0.1) is 0 Å². The molecule has 0 atom stereocenters. The number of aryl methyl sites for hydroxylation is 1. The van der Waals surface area contributed by atoms with Gasteiger partial charge in [-0.3, -0.25) is 4.68 Å². The Kier molecular flexibility index (Phi) is 2.79. The normalized spacial score (nSPS) is 10.6. The van der Waals surface area contributed by atoms with E-state index in [1.807, 2.05) is 43.6 Å². The molecule has 0 radical (unpaired) electrons. The van der Waals surface area contributed by atoms with Gasteiger partial charge in [-0.25, -0.2) is 4.98 Å². The molecular formula is C14H14N4O. The van der Waals surface area contributed by atoms with E-state index < -0.39 is 0 Å². The molecule has 0 amide bonds. The largest absolute Gasteiger partial charge is 0.496 e. The number of aromatic nitrogens is 3. The monoisotopic (exact) mass is 254 g/mol. The van der Waals surface area contributed by atoms with Gasteiger partial charge in [-0.05, 0) is 12.1 Å². The molecule has 2 heterocycles. The van der Waals surface area contributed by atoms with Crippen molar-refractivity contribution in [3.63, 3.8) is 0 Å². The Morgan fingerprint density at radius 1 is 1.16 bits per heavy atom. The predicted octanol–water partition coefficient (Wildman–Crippen LogP) is 2.72. The van der Waals surface area contributed by atoms with Crippen LogP contribution in [0.1, 0.15) is 0 Å². The van der Waals surface area contributed by atoms with E-state index in [0.29, 0.717) is 0 Å². The molecule has 2 aromatic heterocycles. The first-order valence-electron chi connectivity index (χ1n) is 5.96. The van der Waals surface area contributed by atoms with Gasteiger partial charge in [0.1, 0.15) is 11.6 Å². The summed E-state index contributed by atoms with van der Waals surface area (Å²) in [4.78, 5) is 4.37. The predicted molar refractivity (Wildman–Crippen MR) is 74.8 cm³/mol. The number of pyridine rings is 1. The lowest BCUT2D eigenvalue weighted by atomic mass is 10.1. The molecule has 5 nitrogen and oxygen atoms in total. The van der Waals surface area contributed by atoms with E-state index >= 15 is 0 Å². The van der Waals surface area contributed by atoms with Crippen molar-refractivity contribution in [1.82, 2.24) is 14.8 Å². The Bertz CT molecular complexity index is 720. The summed E-state index contributed by atoms with van der Waals surface area (Å²) in [7, 11) is 3.55. The molecular weight excluding hydrogens is 240 g/mol. The van der Waals surface area contributed by atoms with Gasteiger partial charge in [0.25, 0.3) is 0 Å². The average Bonchev–Trinajstić information content (AvgIpc) is 2.84. The summed E-state index contributed by atoms with van der Waals surface area (Å²) in [6.07, 6.45) is 3.64. The molecule has 0 saturated carbocycles. The molecule has 1 N–H and O–H groups in total. The molecule has 19 heavy (non-hydrogen) atoms. The number of fused-ring (bicyclic) bond motifs is 1. The highest BCUT2D eigenvalue weighted by atomic mass is 16.5. The first-order valence-corrected chi connectivity index (χ1v) is 5.96. The molecule has 0 spiro atoms. The topological polar surface area (TPSA) is 52.0 Å². The van der Waals surface area contributed by atoms with E-state index in [2.05, 4.69) is 15.4 Å². The smallest absolute Gasteiger partial charge is 0.153 e. The molecule has 96 valence electrons. The van der Waals surface area contributed by atoms with Crippen LogP contribution in [0.2, 0.25) is 0 Å². The molecule has 0 fully saturated rings. The van der Waals surface area contributed by atoms with Crippen LogP contribution in [0.5, 0.6) is 5.75 Å². The van der Waals surface area contributed by atoms with Crippen LogP contribution in [0.4, 0.5) is 11.6 Å². The SMILES string of the molecule is COc1cccc2c(Nc3ccn(C)n3)nccc12. The van der Waals surface area contributed by atoms with E-state index in [-0.39, 0.29) is 0 Å². The highest BCUT2D eigenvalue weighted by molar-refractivity contribution is 5.96. The minimum atomic E-state index is 0.769. The molecule has 0 unspecified atom stereocenters. The van der Waals surface area contributed by atoms with Crippen molar-refractivity contribution in [1.29, 1.82) is 0 Å². The fraction of sp³-hybridized carbons (Fsp3) is 0.143. The van der Waals surface area contributed by atoms with Crippen LogP contribution >= 0.6 is 0 Å². The van der Waals surface area contributed by atoms with Gasteiger partial charge < -0.3 is 10.1 Å². The first-order chi connectivity index (χ1) is 9.28. The molecule has 1 aromatic carbocycles. The van der Waals surface area contributed by atoms with Gasteiger partial charge in [0, 0.05) is 36.3 Å². The summed E-state index contributed by atoms with van der Waals surface area (Å²) in [6.45, 7) is 0. The fourth-order valence-corrected chi connectivity index (χ4v) is 2.06. The summed E-state index contributed by atoms with van der Waals surface area (Å²) < 4.78 is 7.11. The van der Waals surface area contributed by atoms with E-state index in [1.54, 1.807) is 18.0 Å². The van der Waals surface area contributed by atoms with Crippen LogP contribution < -0.4 is 10.1 Å². The van der Waals surface area contributed by atoms with Crippen LogP contribution in [0.15, 0.2) is 42.7 Å². The number of nitrogens with zero attached hydrogens (tertiary/aromatic N) is 3. The van der Waals surface area contributed by atoms with E-state index in [0.717, 1.165) is 28.2 Å². The zero-order chi connectivity index (χ0) is 13.2. The molecule has 0 aliphatic carbocycles. The van der Waals surface area contributed by atoms with Gasteiger partial charge in [0.2, 0.25) is 0 Å². The Balaban J connectivity index is 2.09. The van der Waals surface area contributed by atoms with E-state index in [4.69, 9.17) is 4.74 Å².